The van der Waals surface area contributed by atoms with Gasteiger partial charge in [0, 0.05) is 11.9 Å². The quantitative estimate of drug-likeness (QED) is 0.914. The second kappa shape index (κ2) is 5.76. The summed E-state index contributed by atoms with van der Waals surface area (Å²) in [6, 6.07) is 12.8. The van der Waals surface area contributed by atoms with E-state index in [4.69, 9.17) is 5.26 Å². The molecule has 1 aromatic heterocycles. The van der Waals surface area contributed by atoms with Crippen LogP contribution in [0.2, 0.25) is 0 Å². The second-order valence-corrected chi connectivity index (χ2v) is 5.83. The molecule has 0 aliphatic heterocycles. The van der Waals surface area contributed by atoms with Crippen LogP contribution < -0.4 is 5.32 Å². The SMILES string of the molecule is CC(C)(C)c1ccc(NC(=O)c2ccc(C#N)cn2)cc1. The number of nitrogens with zero attached hydrogens (tertiary/aromatic N) is 2. The molecule has 1 amide bonds. The van der Waals surface area contributed by atoms with Crippen molar-refractivity contribution in [2.75, 3.05) is 5.32 Å². The molecular formula is C17H17N3O. The third-order valence-corrected chi connectivity index (χ3v) is 3.13. The highest BCUT2D eigenvalue weighted by atomic mass is 16.1. The summed E-state index contributed by atoms with van der Waals surface area (Å²) >= 11 is 0. The first-order chi connectivity index (χ1) is 9.90. The number of nitrogens with one attached hydrogen (secondary N) is 1. The molecule has 1 aromatic carbocycles. The molecule has 0 atom stereocenters. The van der Waals surface area contributed by atoms with Crippen molar-refractivity contribution in [1.29, 1.82) is 5.26 Å². The molecule has 2 rings (SSSR count). The highest BCUT2D eigenvalue weighted by Crippen LogP contribution is 2.23. The first-order valence-electron chi connectivity index (χ1n) is 6.68. The Balaban J connectivity index is 2.10. The monoisotopic (exact) mass is 279 g/mol. The van der Waals surface area contributed by atoms with E-state index in [9.17, 15) is 4.79 Å². The van der Waals surface area contributed by atoms with E-state index in [0.29, 0.717) is 5.56 Å². The number of hydrogen-bond donors (Lipinski definition) is 1. The van der Waals surface area contributed by atoms with Crippen LogP contribution in [0.4, 0.5) is 5.69 Å². The number of rotatable bonds is 2. The summed E-state index contributed by atoms with van der Waals surface area (Å²) in [4.78, 5) is 16.0. The molecule has 21 heavy (non-hydrogen) atoms. The average molecular weight is 279 g/mol. The number of aromatic nitrogens is 1. The van der Waals surface area contributed by atoms with E-state index >= 15 is 0 Å². The van der Waals surface area contributed by atoms with Crippen LogP contribution in [-0.2, 0) is 5.41 Å². The van der Waals surface area contributed by atoms with E-state index in [1.54, 1.807) is 6.07 Å². The summed E-state index contributed by atoms with van der Waals surface area (Å²) in [5.41, 5.74) is 2.73. The number of carbonyl (C=O) groups is 1. The van der Waals surface area contributed by atoms with Gasteiger partial charge in [-0.3, -0.25) is 4.79 Å². The average Bonchev–Trinajstić information content (AvgIpc) is 2.47. The van der Waals surface area contributed by atoms with E-state index in [0.717, 1.165) is 5.69 Å². The molecule has 0 radical (unpaired) electrons. The molecule has 0 fully saturated rings. The van der Waals surface area contributed by atoms with Gasteiger partial charge in [0.05, 0.1) is 5.56 Å². The Kier molecular flexibility index (Phi) is 4.04. The third-order valence-electron chi connectivity index (χ3n) is 3.13. The van der Waals surface area contributed by atoms with Gasteiger partial charge < -0.3 is 5.32 Å². The highest BCUT2D eigenvalue weighted by Gasteiger charge is 2.13. The molecule has 2 aromatic rings. The normalized spacial score (nSPS) is 10.8. The summed E-state index contributed by atoms with van der Waals surface area (Å²) < 4.78 is 0. The zero-order valence-corrected chi connectivity index (χ0v) is 12.3. The second-order valence-electron chi connectivity index (χ2n) is 5.83. The van der Waals surface area contributed by atoms with Crippen LogP contribution in [-0.4, -0.2) is 10.9 Å². The molecule has 0 spiro atoms. The van der Waals surface area contributed by atoms with Gasteiger partial charge in [-0.2, -0.15) is 5.26 Å². The fraction of sp³-hybridized carbons (Fsp3) is 0.235. The van der Waals surface area contributed by atoms with Crippen molar-refractivity contribution in [3.05, 3.63) is 59.4 Å². The van der Waals surface area contributed by atoms with Crippen LogP contribution in [0.3, 0.4) is 0 Å². The Morgan fingerprint density at radius 2 is 1.81 bits per heavy atom. The molecule has 0 aliphatic rings. The first kappa shape index (κ1) is 14.7. The predicted molar refractivity (Wildman–Crippen MR) is 82.0 cm³/mol. The standard InChI is InChI=1S/C17H17N3O/c1-17(2,3)13-5-7-14(8-6-13)20-16(21)15-9-4-12(10-18)11-19-15/h4-9,11H,1-3H3,(H,20,21). The number of anilines is 1. The van der Waals surface area contributed by atoms with Crippen LogP contribution in [0.15, 0.2) is 42.6 Å². The Morgan fingerprint density at radius 3 is 2.29 bits per heavy atom. The number of pyridine rings is 1. The van der Waals surface area contributed by atoms with Crippen LogP contribution in [0.25, 0.3) is 0 Å². The van der Waals surface area contributed by atoms with Crippen molar-refractivity contribution in [2.45, 2.75) is 26.2 Å². The number of hydrogen-bond acceptors (Lipinski definition) is 3. The fourth-order valence-electron chi connectivity index (χ4n) is 1.84. The van der Waals surface area contributed by atoms with E-state index in [1.807, 2.05) is 30.3 Å². The van der Waals surface area contributed by atoms with Crippen molar-refractivity contribution in [2.24, 2.45) is 0 Å². The molecule has 0 saturated heterocycles. The minimum atomic E-state index is -0.289. The maximum Gasteiger partial charge on any atom is 0.274 e. The van der Waals surface area contributed by atoms with Gasteiger partial charge in [0.25, 0.3) is 5.91 Å². The van der Waals surface area contributed by atoms with Gasteiger partial charge in [0.2, 0.25) is 0 Å². The summed E-state index contributed by atoms with van der Waals surface area (Å²) in [6.45, 7) is 6.42. The van der Waals surface area contributed by atoms with Gasteiger partial charge in [-0.1, -0.05) is 32.9 Å². The third kappa shape index (κ3) is 3.67. The maximum atomic E-state index is 12.0. The van der Waals surface area contributed by atoms with Gasteiger partial charge in [0.15, 0.2) is 0 Å². The molecule has 1 heterocycles. The van der Waals surface area contributed by atoms with Crippen molar-refractivity contribution in [1.82, 2.24) is 4.98 Å². The minimum Gasteiger partial charge on any atom is -0.321 e. The molecule has 0 unspecified atom stereocenters. The van der Waals surface area contributed by atoms with Gasteiger partial charge in [-0.15, -0.1) is 0 Å². The van der Waals surface area contributed by atoms with Crippen molar-refractivity contribution < 1.29 is 4.79 Å². The van der Waals surface area contributed by atoms with E-state index in [1.165, 1.54) is 17.8 Å². The number of nitriles is 1. The highest BCUT2D eigenvalue weighted by molar-refractivity contribution is 6.02. The van der Waals surface area contributed by atoms with E-state index in [-0.39, 0.29) is 17.0 Å². The Morgan fingerprint density at radius 1 is 1.14 bits per heavy atom. The summed E-state index contributed by atoms with van der Waals surface area (Å²) in [5, 5.41) is 11.5. The van der Waals surface area contributed by atoms with Crippen molar-refractivity contribution in [3.8, 4) is 6.07 Å². The van der Waals surface area contributed by atoms with Crippen LogP contribution in [0.5, 0.6) is 0 Å². The zero-order chi connectivity index (χ0) is 15.5. The summed E-state index contributed by atoms with van der Waals surface area (Å²) in [6.07, 6.45) is 1.39. The number of amides is 1. The topological polar surface area (TPSA) is 65.8 Å². The lowest BCUT2D eigenvalue weighted by Crippen LogP contribution is -2.14. The molecular weight excluding hydrogens is 262 g/mol. The van der Waals surface area contributed by atoms with Gasteiger partial charge in [-0.05, 0) is 35.2 Å². The minimum absolute atomic E-state index is 0.0806. The molecule has 1 N–H and O–H groups in total. The fourth-order valence-corrected chi connectivity index (χ4v) is 1.84. The van der Waals surface area contributed by atoms with Gasteiger partial charge in [0.1, 0.15) is 11.8 Å². The summed E-state index contributed by atoms with van der Waals surface area (Å²) in [7, 11) is 0. The lowest BCUT2D eigenvalue weighted by molar-refractivity contribution is 0.102. The Hall–Kier alpha value is -2.67. The smallest absolute Gasteiger partial charge is 0.274 e. The van der Waals surface area contributed by atoms with Crippen LogP contribution >= 0.6 is 0 Å². The van der Waals surface area contributed by atoms with Gasteiger partial charge >= 0.3 is 0 Å². The molecule has 0 saturated carbocycles. The largest absolute Gasteiger partial charge is 0.321 e. The predicted octanol–water partition coefficient (Wildman–Crippen LogP) is 3.50. The maximum absolute atomic E-state index is 12.0. The molecule has 0 aliphatic carbocycles. The zero-order valence-electron chi connectivity index (χ0n) is 12.3. The van der Waals surface area contributed by atoms with E-state index < -0.39 is 0 Å². The van der Waals surface area contributed by atoms with Gasteiger partial charge in [-0.25, -0.2) is 4.98 Å². The Labute approximate surface area is 124 Å². The molecule has 4 nitrogen and oxygen atoms in total. The van der Waals surface area contributed by atoms with E-state index in [2.05, 4.69) is 31.1 Å². The number of benzene rings is 1. The van der Waals surface area contributed by atoms with Crippen molar-refractivity contribution >= 4 is 11.6 Å². The molecule has 0 bridgehead atoms. The molecule has 106 valence electrons. The lowest BCUT2D eigenvalue weighted by atomic mass is 9.87. The number of carbonyl (C=O) groups excluding carboxylic acids is 1. The van der Waals surface area contributed by atoms with Crippen molar-refractivity contribution in [3.63, 3.8) is 0 Å². The Bertz CT molecular complexity index is 674. The van der Waals surface area contributed by atoms with Crippen LogP contribution in [0.1, 0.15) is 42.4 Å². The lowest BCUT2D eigenvalue weighted by Gasteiger charge is -2.19. The first-order valence-corrected chi connectivity index (χ1v) is 6.68. The molecule has 4 heteroatoms. The summed E-state index contributed by atoms with van der Waals surface area (Å²) in [5.74, 6) is -0.289. The van der Waals surface area contributed by atoms with Crippen LogP contribution in [0, 0.1) is 11.3 Å².